The van der Waals surface area contributed by atoms with Crippen molar-refractivity contribution in [3.63, 3.8) is 0 Å². The number of hydrogen-bond acceptors (Lipinski definition) is 4. The van der Waals surface area contributed by atoms with Gasteiger partial charge in [0.05, 0.1) is 4.90 Å². The summed E-state index contributed by atoms with van der Waals surface area (Å²) in [6, 6.07) is 10.3. The molecule has 0 amide bonds. The predicted molar refractivity (Wildman–Crippen MR) is 78.9 cm³/mol. The summed E-state index contributed by atoms with van der Waals surface area (Å²) in [6.45, 7) is 3.01. The predicted octanol–water partition coefficient (Wildman–Crippen LogP) is 1.99. The van der Waals surface area contributed by atoms with Crippen LogP contribution in [0.2, 0.25) is 0 Å². The van der Waals surface area contributed by atoms with E-state index in [1.807, 2.05) is 13.0 Å². The van der Waals surface area contributed by atoms with E-state index in [-0.39, 0.29) is 11.4 Å². The van der Waals surface area contributed by atoms with Crippen molar-refractivity contribution < 1.29 is 8.42 Å². The van der Waals surface area contributed by atoms with Gasteiger partial charge in [-0.05, 0) is 42.8 Å². The van der Waals surface area contributed by atoms with Gasteiger partial charge in [0.25, 0.3) is 0 Å². The Morgan fingerprint density at radius 3 is 2.50 bits per heavy atom. The Hall–Kier alpha value is -1.92. The summed E-state index contributed by atoms with van der Waals surface area (Å²) in [4.78, 5) is 4.20. The van der Waals surface area contributed by atoms with Crippen LogP contribution in [0.1, 0.15) is 12.5 Å². The first-order chi connectivity index (χ1) is 9.62. The van der Waals surface area contributed by atoms with Crippen LogP contribution >= 0.6 is 0 Å². The fraction of sp³-hybridized carbons (Fsp3) is 0.214. The molecule has 0 saturated carbocycles. The lowest BCUT2D eigenvalue weighted by Gasteiger charge is -2.08. The van der Waals surface area contributed by atoms with Crippen molar-refractivity contribution in [3.05, 3.63) is 54.4 Å². The van der Waals surface area contributed by atoms with Gasteiger partial charge in [0.2, 0.25) is 10.0 Å². The zero-order valence-corrected chi connectivity index (χ0v) is 12.0. The highest BCUT2D eigenvalue weighted by Crippen LogP contribution is 2.14. The van der Waals surface area contributed by atoms with Crippen molar-refractivity contribution in [1.82, 2.24) is 9.71 Å². The topological polar surface area (TPSA) is 71.1 Å². The summed E-state index contributed by atoms with van der Waals surface area (Å²) in [5.74, 6) is 0. The first-order valence-corrected chi connectivity index (χ1v) is 7.82. The highest BCUT2D eigenvalue weighted by atomic mass is 32.2. The number of rotatable bonds is 6. The molecule has 0 unspecified atom stereocenters. The van der Waals surface area contributed by atoms with Crippen LogP contribution in [0, 0.1) is 0 Å². The van der Waals surface area contributed by atoms with Gasteiger partial charge in [-0.15, -0.1) is 0 Å². The van der Waals surface area contributed by atoms with Gasteiger partial charge in [-0.2, -0.15) is 0 Å². The molecule has 0 saturated heterocycles. The Balaban J connectivity index is 2.06. The van der Waals surface area contributed by atoms with E-state index in [4.69, 9.17) is 0 Å². The van der Waals surface area contributed by atoms with Gasteiger partial charge in [0.1, 0.15) is 0 Å². The van der Waals surface area contributed by atoms with Crippen molar-refractivity contribution in [2.75, 3.05) is 11.9 Å². The molecule has 5 nitrogen and oxygen atoms in total. The molecule has 0 aliphatic heterocycles. The van der Waals surface area contributed by atoms with Crippen molar-refractivity contribution in [3.8, 4) is 0 Å². The van der Waals surface area contributed by atoms with E-state index in [1.54, 1.807) is 42.7 Å². The molecule has 0 aliphatic carbocycles. The quantitative estimate of drug-likeness (QED) is 0.854. The molecule has 20 heavy (non-hydrogen) atoms. The van der Waals surface area contributed by atoms with Crippen LogP contribution in [0.3, 0.4) is 0 Å². The van der Waals surface area contributed by atoms with Crippen LogP contribution in [0.25, 0.3) is 0 Å². The lowest BCUT2D eigenvalue weighted by Crippen LogP contribution is -2.23. The van der Waals surface area contributed by atoms with Crippen LogP contribution in [-0.4, -0.2) is 19.9 Å². The largest absolute Gasteiger partial charge is 0.385 e. The van der Waals surface area contributed by atoms with Crippen molar-refractivity contribution in [2.24, 2.45) is 0 Å². The second kappa shape index (κ2) is 6.49. The maximum Gasteiger partial charge on any atom is 0.240 e. The number of anilines is 1. The molecule has 0 bridgehead atoms. The van der Waals surface area contributed by atoms with Crippen LogP contribution < -0.4 is 10.0 Å². The zero-order chi connectivity index (χ0) is 14.4. The van der Waals surface area contributed by atoms with E-state index in [1.165, 1.54) is 0 Å². The third kappa shape index (κ3) is 3.79. The SMILES string of the molecule is CCNc1ccc(S(=O)(=O)NCc2cccnc2)cc1. The van der Waals surface area contributed by atoms with Crippen LogP contribution in [0.5, 0.6) is 0 Å². The molecule has 1 aromatic heterocycles. The summed E-state index contributed by atoms with van der Waals surface area (Å²) >= 11 is 0. The summed E-state index contributed by atoms with van der Waals surface area (Å²) in [5, 5.41) is 3.12. The van der Waals surface area contributed by atoms with E-state index in [0.717, 1.165) is 17.8 Å². The highest BCUT2D eigenvalue weighted by molar-refractivity contribution is 7.89. The number of benzene rings is 1. The standard InChI is InChI=1S/C14H17N3O2S/c1-2-16-13-5-7-14(8-6-13)20(18,19)17-11-12-4-3-9-15-10-12/h3-10,16-17H,2,11H2,1H3. The molecule has 2 rings (SSSR count). The van der Waals surface area contributed by atoms with Gasteiger partial charge < -0.3 is 5.32 Å². The van der Waals surface area contributed by atoms with Gasteiger partial charge in [0, 0.05) is 31.2 Å². The van der Waals surface area contributed by atoms with Crippen LogP contribution in [0.15, 0.2) is 53.7 Å². The summed E-state index contributed by atoms with van der Waals surface area (Å²) in [7, 11) is -3.50. The minimum atomic E-state index is -3.50. The average Bonchev–Trinajstić information content (AvgIpc) is 2.47. The normalized spacial score (nSPS) is 11.2. The van der Waals surface area contributed by atoms with E-state index >= 15 is 0 Å². The first-order valence-electron chi connectivity index (χ1n) is 6.34. The molecule has 0 fully saturated rings. The van der Waals surface area contributed by atoms with E-state index < -0.39 is 10.0 Å². The molecule has 1 aromatic carbocycles. The molecular formula is C14H17N3O2S. The molecule has 0 aliphatic rings. The average molecular weight is 291 g/mol. The van der Waals surface area contributed by atoms with Crippen LogP contribution in [0.4, 0.5) is 5.69 Å². The summed E-state index contributed by atoms with van der Waals surface area (Å²) in [5.41, 5.74) is 1.72. The minimum absolute atomic E-state index is 0.227. The first kappa shape index (κ1) is 14.5. The Morgan fingerprint density at radius 2 is 1.90 bits per heavy atom. The van der Waals surface area contributed by atoms with E-state index in [9.17, 15) is 8.42 Å². The fourth-order valence-corrected chi connectivity index (χ4v) is 2.74. The third-order valence-corrected chi connectivity index (χ3v) is 4.15. The number of pyridine rings is 1. The summed E-state index contributed by atoms with van der Waals surface area (Å²) in [6.07, 6.45) is 3.29. The lowest BCUT2D eigenvalue weighted by atomic mass is 10.3. The zero-order valence-electron chi connectivity index (χ0n) is 11.2. The molecule has 2 N–H and O–H groups in total. The van der Waals surface area contributed by atoms with Crippen LogP contribution in [-0.2, 0) is 16.6 Å². The molecule has 2 aromatic rings. The number of sulfonamides is 1. The fourth-order valence-electron chi connectivity index (χ4n) is 1.72. The van der Waals surface area contributed by atoms with Gasteiger partial charge in [-0.3, -0.25) is 4.98 Å². The Bertz CT molecular complexity index is 640. The van der Waals surface area contributed by atoms with E-state index in [0.29, 0.717) is 0 Å². The van der Waals surface area contributed by atoms with Gasteiger partial charge in [-0.1, -0.05) is 6.07 Å². The maximum atomic E-state index is 12.1. The second-order valence-corrected chi connectivity index (χ2v) is 6.01. The number of hydrogen-bond donors (Lipinski definition) is 2. The van der Waals surface area contributed by atoms with Crippen molar-refractivity contribution >= 4 is 15.7 Å². The van der Waals surface area contributed by atoms with Gasteiger partial charge >= 0.3 is 0 Å². The number of aromatic nitrogens is 1. The third-order valence-electron chi connectivity index (χ3n) is 2.73. The lowest BCUT2D eigenvalue weighted by molar-refractivity contribution is 0.581. The van der Waals surface area contributed by atoms with Gasteiger partial charge in [-0.25, -0.2) is 13.1 Å². The summed E-state index contributed by atoms with van der Waals surface area (Å²) < 4.78 is 26.8. The highest BCUT2D eigenvalue weighted by Gasteiger charge is 2.13. The maximum absolute atomic E-state index is 12.1. The monoisotopic (exact) mass is 291 g/mol. The smallest absolute Gasteiger partial charge is 0.240 e. The van der Waals surface area contributed by atoms with Crippen molar-refractivity contribution in [1.29, 1.82) is 0 Å². The number of nitrogens with zero attached hydrogens (tertiary/aromatic N) is 1. The molecule has 0 atom stereocenters. The van der Waals surface area contributed by atoms with E-state index in [2.05, 4.69) is 15.0 Å². The second-order valence-electron chi connectivity index (χ2n) is 4.24. The van der Waals surface area contributed by atoms with Gasteiger partial charge in [0.15, 0.2) is 0 Å². The molecule has 106 valence electrons. The Morgan fingerprint density at radius 1 is 1.15 bits per heavy atom. The molecular weight excluding hydrogens is 274 g/mol. The minimum Gasteiger partial charge on any atom is -0.385 e. The molecule has 0 spiro atoms. The molecule has 0 radical (unpaired) electrons. The molecule has 6 heteroatoms. The Kier molecular flexibility index (Phi) is 4.70. The molecule has 1 heterocycles. The van der Waals surface area contributed by atoms with Crippen molar-refractivity contribution in [2.45, 2.75) is 18.4 Å². The Labute approximate surface area is 119 Å². The number of nitrogens with one attached hydrogen (secondary N) is 2.